The Morgan fingerprint density at radius 2 is 2.15 bits per heavy atom. The second-order valence-corrected chi connectivity index (χ2v) is 5.68. The van der Waals surface area contributed by atoms with Crippen molar-refractivity contribution in [2.24, 2.45) is 0 Å². The molecule has 0 N–H and O–H groups in total. The smallest absolute Gasteiger partial charge is 0.341 e. The predicted octanol–water partition coefficient (Wildman–Crippen LogP) is 1.79. The molecule has 1 aliphatic heterocycles. The van der Waals surface area contributed by atoms with Gasteiger partial charge in [0.05, 0.1) is 20.3 Å². The zero-order valence-electron chi connectivity index (χ0n) is 11.4. The van der Waals surface area contributed by atoms with Gasteiger partial charge in [0.2, 0.25) is 0 Å². The molecule has 1 saturated heterocycles. The van der Waals surface area contributed by atoms with Crippen LogP contribution in [0.15, 0.2) is 18.2 Å². The van der Waals surface area contributed by atoms with Gasteiger partial charge in [0.15, 0.2) is 0 Å². The highest BCUT2D eigenvalue weighted by Crippen LogP contribution is 2.22. The number of carbonyl (C=O) groups excluding carboxylic acids is 1. The first-order chi connectivity index (χ1) is 9.70. The lowest BCUT2D eigenvalue weighted by Crippen LogP contribution is -2.38. The molecule has 1 aromatic carbocycles. The van der Waals surface area contributed by atoms with Crippen LogP contribution in [0.5, 0.6) is 5.75 Å². The number of esters is 1. The van der Waals surface area contributed by atoms with Gasteiger partial charge >= 0.3 is 5.97 Å². The van der Waals surface area contributed by atoms with Gasteiger partial charge < -0.3 is 14.2 Å². The maximum absolute atomic E-state index is 12.0. The van der Waals surface area contributed by atoms with Crippen LogP contribution in [0.25, 0.3) is 0 Å². The summed E-state index contributed by atoms with van der Waals surface area (Å²) >= 11 is 2.18. The van der Waals surface area contributed by atoms with Crippen LogP contribution in [0.3, 0.4) is 0 Å². The zero-order chi connectivity index (χ0) is 14.4. The first-order valence-electron chi connectivity index (χ1n) is 6.51. The molecular weight excluding hydrogens is 373 g/mol. The maximum atomic E-state index is 12.0. The molecule has 6 heteroatoms. The number of methoxy groups -OCH3 is 1. The molecule has 0 amide bonds. The minimum atomic E-state index is -0.341. The highest BCUT2D eigenvalue weighted by Gasteiger charge is 2.15. The molecule has 0 spiro atoms. The van der Waals surface area contributed by atoms with Crippen molar-refractivity contribution in [3.05, 3.63) is 27.3 Å². The molecule has 1 heterocycles. The van der Waals surface area contributed by atoms with Crippen LogP contribution in [0.1, 0.15) is 10.4 Å². The van der Waals surface area contributed by atoms with Crippen LogP contribution in [-0.4, -0.2) is 57.4 Å². The van der Waals surface area contributed by atoms with Crippen LogP contribution < -0.4 is 4.74 Å². The molecule has 0 bridgehead atoms. The largest absolute Gasteiger partial charge is 0.496 e. The number of hydrogen-bond acceptors (Lipinski definition) is 5. The highest BCUT2D eigenvalue weighted by molar-refractivity contribution is 14.1. The minimum absolute atomic E-state index is 0.341. The third-order valence-corrected chi connectivity index (χ3v) is 3.80. The molecule has 0 atom stereocenters. The van der Waals surface area contributed by atoms with Crippen molar-refractivity contribution in [3.63, 3.8) is 0 Å². The summed E-state index contributed by atoms with van der Waals surface area (Å²) in [5, 5.41) is 0. The SMILES string of the molecule is COc1cc(I)ccc1C(=O)OCCN1CCOCC1. The van der Waals surface area contributed by atoms with E-state index in [0.29, 0.717) is 17.9 Å². The van der Waals surface area contributed by atoms with E-state index in [1.54, 1.807) is 13.2 Å². The summed E-state index contributed by atoms with van der Waals surface area (Å²) in [6, 6.07) is 5.42. The van der Waals surface area contributed by atoms with Crippen molar-refractivity contribution in [3.8, 4) is 5.75 Å². The van der Waals surface area contributed by atoms with Gasteiger partial charge in [-0.15, -0.1) is 0 Å². The molecule has 5 nitrogen and oxygen atoms in total. The summed E-state index contributed by atoms with van der Waals surface area (Å²) in [4.78, 5) is 14.3. The summed E-state index contributed by atoms with van der Waals surface area (Å²) in [5.74, 6) is 0.208. The van der Waals surface area contributed by atoms with Crippen molar-refractivity contribution in [1.82, 2.24) is 4.90 Å². The van der Waals surface area contributed by atoms with E-state index >= 15 is 0 Å². The predicted molar refractivity (Wildman–Crippen MR) is 83.3 cm³/mol. The summed E-state index contributed by atoms with van der Waals surface area (Å²) in [7, 11) is 1.55. The second-order valence-electron chi connectivity index (χ2n) is 4.43. The average molecular weight is 391 g/mol. The Morgan fingerprint density at radius 3 is 2.85 bits per heavy atom. The van der Waals surface area contributed by atoms with E-state index in [2.05, 4.69) is 27.5 Å². The van der Waals surface area contributed by atoms with E-state index in [0.717, 1.165) is 36.4 Å². The lowest BCUT2D eigenvalue weighted by Gasteiger charge is -2.26. The van der Waals surface area contributed by atoms with Crippen LogP contribution in [0.4, 0.5) is 0 Å². The Kier molecular flexibility index (Phi) is 6.06. The van der Waals surface area contributed by atoms with Gasteiger partial charge in [0, 0.05) is 23.2 Å². The van der Waals surface area contributed by atoms with Crippen molar-refractivity contribution in [1.29, 1.82) is 0 Å². The fourth-order valence-corrected chi connectivity index (χ4v) is 2.47. The first-order valence-corrected chi connectivity index (χ1v) is 7.59. The molecule has 1 aliphatic rings. The molecule has 0 aliphatic carbocycles. The van der Waals surface area contributed by atoms with Crippen molar-refractivity contribution in [2.75, 3.05) is 46.6 Å². The Morgan fingerprint density at radius 1 is 1.40 bits per heavy atom. The Balaban J connectivity index is 1.85. The van der Waals surface area contributed by atoms with Gasteiger partial charge in [-0.3, -0.25) is 4.90 Å². The summed E-state index contributed by atoms with van der Waals surface area (Å²) < 4.78 is 16.8. The van der Waals surface area contributed by atoms with E-state index in [9.17, 15) is 4.79 Å². The first kappa shape index (κ1) is 15.5. The third kappa shape index (κ3) is 4.32. The lowest BCUT2D eigenvalue weighted by atomic mass is 10.2. The molecular formula is C14H18INO4. The van der Waals surface area contributed by atoms with Crippen LogP contribution in [0.2, 0.25) is 0 Å². The number of nitrogens with zero attached hydrogens (tertiary/aromatic N) is 1. The molecule has 0 unspecified atom stereocenters. The second kappa shape index (κ2) is 7.80. The monoisotopic (exact) mass is 391 g/mol. The Hall–Kier alpha value is -0.860. The Labute approximate surface area is 132 Å². The molecule has 2 rings (SSSR count). The van der Waals surface area contributed by atoms with E-state index < -0.39 is 0 Å². The summed E-state index contributed by atoms with van der Waals surface area (Å²) in [6.45, 7) is 4.41. The van der Waals surface area contributed by atoms with Gasteiger partial charge in [-0.1, -0.05) is 0 Å². The normalized spacial score (nSPS) is 15.9. The lowest BCUT2D eigenvalue weighted by molar-refractivity contribution is 0.0194. The van der Waals surface area contributed by atoms with Crippen molar-refractivity contribution in [2.45, 2.75) is 0 Å². The molecule has 0 saturated carbocycles. The average Bonchev–Trinajstić information content (AvgIpc) is 2.48. The van der Waals surface area contributed by atoms with Gasteiger partial charge in [0.25, 0.3) is 0 Å². The number of halogens is 1. The molecule has 20 heavy (non-hydrogen) atoms. The highest BCUT2D eigenvalue weighted by atomic mass is 127. The summed E-state index contributed by atoms with van der Waals surface area (Å²) in [5.41, 5.74) is 0.467. The molecule has 0 radical (unpaired) electrons. The fourth-order valence-electron chi connectivity index (χ4n) is 2.00. The van der Waals surface area contributed by atoms with Crippen molar-refractivity contribution >= 4 is 28.6 Å². The number of rotatable bonds is 5. The van der Waals surface area contributed by atoms with Gasteiger partial charge in [-0.05, 0) is 40.8 Å². The van der Waals surface area contributed by atoms with Gasteiger partial charge in [-0.2, -0.15) is 0 Å². The molecule has 0 aromatic heterocycles. The Bertz CT molecular complexity index is 460. The quantitative estimate of drug-likeness (QED) is 0.566. The molecule has 110 valence electrons. The number of benzene rings is 1. The maximum Gasteiger partial charge on any atom is 0.341 e. The third-order valence-electron chi connectivity index (χ3n) is 3.13. The number of morpholine rings is 1. The van der Waals surface area contributed by atoms with Gasteiger partial charge in [0.1, 0.15) is 17.9 Å². The van der Waals surface area contributed by atoms with Crippen molar-refractivity contribution < 1.29 is 19.0 Å². The van der Waals surface area contributed by atoms with Gasteiger partial charge in [-0.25, -0.2) is 4.79 Å². The standard InChI is InChI=1S/C14H18INO4/c1-18-13-10-11(15)2-3-12(13)14(17)20-9-6-16-4-7-19-8-5-16/h2-3,10H,4-9H2,1H3. The van der Waals surface area contributed by atoms with E-state index in [1.165, 1.54) is 0 Å². The number of ether oxygens (including phenoxy) is 3. The topological polar surface area (TPSA) is 48.0 Å². The molecule has 1 aromatic rings. The zero-order valence-corrected chi connectivity index (χ0v) is 13.6. The fraction of sp³-hybridized carbons (Fsp3) is 0.500. The van der Waals surface area contributed by atoms with E-state index in [4.69, 9.17) is 14.2 Å². The van der Waals surface area contributed by atoms with Crippen LogP contribution in [-0.2, 0) is 9.47 Å². The molecule has 1 fully saturated rings. The number of hydrogen-bond donors (Lipinski definition) is 0. The van der Waals surface area contributed by atoms with E-state index in [1.807, 2.05) is 12.1 Å². The van der Waals surface area contributed by atoms with Crippen LogP contribution >= 0.6 is 22.6 Å². The summed E-state index contributed by atoms with van der Waals surface area (Å²) in [6.07, 6.45) is 0. The minimum Gasteiger partial charge on any atom is -0.496 e. The van der Waals surface area contributed by atoms with Crippen LogP contribution in [0, 0.1) is 3.57 Å². The van der Waals surface area contributed by atoms with E-state index in [-0.39, 0.29) is 5.97 Å². The number of carbonyl (C=O) groups is 1.